The largest absolute Gasteiger partial charge is 0.385 e. The van der Waals surface area contributed by atoms with Gasteiger partial charge in [0.15, 0.2) is 0 Å². The third kappa shape index (κ3) is 6.13. The molecule has 0 spiro atoms. The summed E-state index contributed by atoms with van der Waals surface area (Å²) >= 11 is 0. The van der Waals surface area contributed by atoms with E-state index in [1.54, 1.807) is 7.11 Å². The SMILES string of the molecule is CCC(N)C(OCCCOC)C(C)(C)C. The second-order valence-electron chi connectivity index (χ2n) is 5.08. The highest BCUT2D eigenvalue weighted by atomic mass is 16.5. The van der Waals surface area contributed by atoms with Gasteiger partial charge in [-0.3, -0.25) is 0 Å². The molecule has 0 aliphatic carbocycles. The summed E-state index contributed by atoms with van der Waals surface area (Å²) in [6.45, 7) is 10.1. The van der Waals surface area contributed by atoms with Crippen molar-refractivity contribution in [1.29, 1.82) is 0 Å². The molecule has 15 heavy (non-hydrogen) atoms. The summed E-state index contributed by atoms with van der Waals surface area (Å²) in [5.41, 5.74) is 6.16. The maximum Gasteiger partial charge on any atom is 0.0773 e. The molecule has 0 saturated heterocycles. The molecule has 3 nitrogen and oxygen atoms in total. The second-order valence-corrected chi connectivity index (χ2v) is 5.08. The van der Waals surface area contributed by atoms with Gasteiger partial charge in [0.25, 0.3) is 0 Å². The number of rotatable bonds is 7. The summed E-state index contributed by atoms with van der Waals surface area (Å²) in [4.78, 5) is 0. The molecular formula is C12H27NO2. The summed E-state index contributed by atoms with van der Waals surface area (Å²) in [5.74, 6) is 0. The van der Waals surface area contributed by atoms with E-state index in [1.165, 1.54) is 0 Å². The normalized spacial score (nSPS) is 16.4. The summed E-state index contributed by atoms with van der Waals surface area (Å²) in [5, 5.41) is 0. The average Bonchev–Trinajstić information content (AvgIpc) is 2.15. The van der Waals surface area contributed by atoms with Crippen molar-refractivity contribution in [3.8, 4) is 0 Å². The van der Waals surface area contributed by atoms with Gasteiger partial charge in [-0.1, -0.05) is 27.7 Å². The lowest BCUT2D eigenvalue weighted by Gasteiger charge is -2.34. The molecule has 0 heterocycles. The Morgan fingerprint density at radius 2 is 1.80 bits per heavy atom. The minimum absolute atomic E-state index is 0.0997. The van der Waals surface area contributed by atoms with E-state index in [1.807, 2.05) is 0 Å². The molecular weight excluding hydrogens is 190 g/mol. The minimum atomic E-state index is 0.0997. The molecule has 0 bridgehead atoms. The fourth-order valence-electron chi connectivity index (χ4n) is 1.64. The first kappa shape index (κ1) is 14.9. The zero-order chi connectivity index (χ0) is 11.9. The highest BCUT2D eigenvalue weighted by Gasteiger charge is 2.29. The molecule has 0 aromatic carbocycles. The number of hydrogen-bond acceptors (Lipinski definition) is 3. The van der Waals surface area contributed by atoms with Gasteiger partial charge in [-0.2, -0.15) is 0 Å². The van der Waals surface area contributed by atoms with E-state index < -0.39 is 0 Å². The Labute approximate surface area is 94.3 Å². The number of methoxy groups -OCH3 is 1. The van der Waals surface area contributed by atoms with Crippen molar-refractivity contribution in [2.75, 3.05) is 20.3 Å². The fraction of sp³-hybridized carbons (Fsp3) is 1.00. The predicted octanol–water partition coefficient (Wildman–Crippen LogP) is 2.19. The van der Waals surface area contributed by atoms with Crippen LogP contribution in [0, 0.1) is 5.41 Å². The zero-order valence-corrected chi connectivity index (χ0v) is 10.9. The third-order valence-electron chi connectivity index (χ3n) is 2.50. The molecule has 0 aliphatic rings. The lowest BCUT2D eigenvalue weighted by molar-refractivity contribution is -0.0394. The van der Waals surface area contributed by atoms with Crippen LogP contribution in [-0.4, -0.2) is 32.5 Å². The van der Waals surface area contributed by atoms with Crippen LogP contribution in [0.2, 0.25) is 0 Å². The monoisotopic (exact) mass is 217 g/mol. The Hall–Kier alpha value is -0.120. The van der Waals surface area contributed by atoms with Gasteiger partial charge in [0.05, 0.1) is 6.10 Å². The molecule has 3 heteroatoms. The van der Waals surface area contributed by atoms with Gasteiger partial charge in [0.2, 0.25) is 0 Å². The average molecular weight is 217 g/mol. The van der Waals surface area contributed by atoms with Crippen LogP contribution in [-0.2, 0) is 9.47 Å². The van der Waals surface area contributed by atoms with E-state index in [4.69, 9.17) is 15.2 Å². The Kier molecular flexibility index (Phi) is 7.14. The molecule has 0 radical (unpaired) electrons. The Bertz CT molecular complexity index is 154. The summed E-state index contributed by atoms with van der Waals surface area (Å²) in [6.07, 6.45) is 2.01. The van der Waals surface area contributed by atoms with E-state index in [9.17, 15) is 0 Å². The highest BCUT2D eigenvalue weighted by Crippen LogP contribution is 2.25. The van der Waals surface area contributed by atoms with Gasteiger partial charge in [-0.15, -0.1) is 0 Å². The van der Waals surface area contributed by atoms with E-state index in [0.717, 1.165) is 26.1 Å². The maximum absolute atomic E-state index is 6.06. The van der Waals surface area contributed by atoms with Crippen LogP contribution in [0.25, 0.3) is 0 Å². The highest BCUT2D eigenvalue weighted by molar-refractivity contribution is 4.83. The number of ether oxygens (including phenoxy) is 2. The van der Waals surface area contributed by atoms with Gasteiger partial charge >= 0.3 is 0 Å². The maximum atomic E-state index is 6.06. The van der Waals surface area contributed by atoms with E-state index in [0.29, 0.717) is 0 Å². The topological polar surface area (TPSA) is 44.5 Å². The Balaban J connectivity index is 4.03. The van der Waals surface area contributed by atoms with Crippen molar-refractivity contribution >= 4 is 0 Å². The van der Waals surface area contributed by atoms with Crippen molar-refractivity contribution in [1.82, 2.24) is 0 Å². The van der Waals surface area contributed by atoms with Gasteiger partial charge < -0.3 is 15.2 Å². The van der Waals surface area contributed by atoms with Crippen LogP contribution in [0.15, 0.2) is 0 Å². The van der Waals surface area contributed by atoms with Crippen LogP contribution in [0.4, 0.5) is 0 Å². The molecule has 0 amide bonds. The molecule has 0 aromatic heterocycles. The molecule has 0 saturated carbocycles. The minimum Gasteiger partial charge on any atom is -0.385 e. The fourth-order valence-corrected chi connectivity index (χ4v) is 1.64. The van der Waals surface area contributed by atoms with Crippen LogP contribution in [0.1, 0.15) is 40.5 Å². The number of nitrogens with two attached hydrogens (primary N) is 1. The first-order valence-electron chi connectivity index (χ1n) is 5.79. The van der Waals surface area contributed by atoms with Gasteiger partial charge in [0, 0.05) is 26.4 Å². The quantitative estimate of drug-likeness (QED) is 0.665. The molecule has 0 aliphatic heterocycles. The molecule has 2 unspecified atom stereocenters. The van der Waals surface area contributed by atoms with E-state index >= 15 is 0 Å². The molecule has 0 rings (SSSR count). The molecule has 2 N–H and O–H groups in total. The van der Waals surface area contributed by atoms with Gasteiger partial charge in [-0.25, -0.2) is 0 Å². The lowest BCUT2D eigenvalue weighted by atomic mass is 9.84. The first-order valence-corrected chi connectivity index (χ1v) is 5.79. The second kappa shape index (κ2) is 7.20. The van der Waals surface area contributed by atoms with Crippen LogP contribution >= 0.6 is 0 Å². The predicted molar refractivity (Wildman–Crippen MR) is 64.0 cm³/mol. The van der Waals surface area contributed by atoms with Gasteiger partial charge in [0.1, 0.15) is 0 Å². The molecule has 2 atom stereocenters. The third-order valence-corrected chi connectivity index (χ3v) is 2.50. The summed E-state index contributed by atoms with van der Waals surface area (Å²) < 4.78 is 10.8. The molecule has 92 valence electrons. The zero-order valence-electron chi connectivity index (χ0n) is 10.9. The lowest BCUT2D eigenvalue weighted by Crippen LogP contribution is -2.45. The van der Waals surface area contributed by atoms with Crippen LogP contribution < -0.4 is 5.73 Å². The summed E-state index contributed by atoms with van der Waals surface area (Å²) in [6, 6.07) is 0.118. The van der Waals surface area contributed by atoms with Crippen LogP contribution in [0.5, 0.6) is 0 Å². The van der Waals surface area contributed by atoms with Crippen molar-refractivity contribution in [2.45, 2.75) is 52.7 Å². The summed E-state index contributed by atoms with van der Waals surface area (Å²) in [7, 11) is 1.71. The molecule has 0 aromatic rings. The Morgan fingerprint density at radius 3 is 2.20 bits per heavy atom. The first-order chi connectivity index (χ1) is 6.93. The molecule has 0 fully saturated rings. The van der Waals surface area contributed by atoms with E-state index in [2.05, 4.69) is 27.7 Å². The van der Waals surface area contributed by atoms with Crippen molar-refractivity contribution < 1.29 is 9.47 Å². The van der Waals surface area contributed by atoms with Crippen LogP contribution in [0.3, 0.4) is 0 Å². The standard InChI is InChI=1S/C12H27NO2/c1-6-10(13)11(12(2,3)4)15-9-7-8-14-5/h10-11H,6-9,13H2,1-5H3. The van der Waals surface area contributed by atoms with Crippen molar-refractivity contribution in [3.63, 3.8) is 0 Å². The Morgan fingerprint density at radius 1 is 1.20 bits per heavy atom. The smallest absolute Gasteiger partial charge is 0.0773 e. The van der Waals surface area contributed by atoms with E-state index in [-0.39, 0.29) is 17.6 Å². The van der Waals surface area contributed by atoms with Crippen molar-refractivity contribution in [3.05, 3.63) is 0 Å². The van der Waals surface area contributed by atoms with Crippen molar-refractivity contribution in [2.24, 2.45) is 11.1 Å². The number of hydrogen-bond donors (Lipinski definition) is 1. The van der Waals surface area contributed by atoms with Gasteiger partial charge in [-0.05, 0) is 18.3 Å².